The molecule has 0 aromatic rings. The molecule has 0 spiro atoms. The van der Waals surface area contributed by atoms with Gasteiger partial charge in [-0.3, -0.25) is 5.43 Å². The molecule has 1 N–H and O–H groups in total. The van der Waals surface area contributed by atoms with Crippen molar-refractivity contribution in [3.8, 4) is 0 Å². The summed E-state index contributed by atoms with van der Waals surface area (Å²) in [5.74, 6) is 0. The molecule has 3 nitrogen and oxygen atoms in total. The van der Waals surface area contributed by atoms with Gasteiger partial charge in [0.15, 0.2) is 0 Å². The van der Waals surface area contributed by atoms with E-state index in [1.54, 1.807) is 0 Å². The van der Waals surface area contributed by atoms with Crippen molar-refractivity contribution in [1.29, 1.82) is 0 Å². The van der Waals surface area contributed by atoms with E-state index >= 15 is 0 Å². The van der Waals surface area contributed by atoms with E-state index in [1.807, 2.05) is 0 Å². The highest BCUT2D eigenvalue weighted by atomic mass is 15.5. The summed E-state index contributed by atoms with van der Waals surface area (Å²) in [6, 6.07) is 0. The Morgan fingerprint density at radius 2 is 0.733 bits per heavy atom. The summed E-state index contributed by atoms with van der Waals surface area (Å²) >= 11 is 0. The third kappa shape index (κ3) is 38.9. The normalized spacial score (nSPS) is 12.6. The largest absolute Gasteiger partial charge is 0.309 e. The number of hydrogen-bond acceptors (Lipinski definition) is 3. The zero-order chi connectivity index (χ0) is 32.7. The summed E-state index contributed by atoms with van der Waals surface area (Å²) < 4.78 is 0. The quantitative estimate of drug-likeness (QED) is 0.0423. The molecule has 0 saturated heterocycles. The Morgan fingerprint density at radius 3 is 1.18 bits per heavy atom. The summed E-state index contributed by atoms with van der Waals surface area (Å²) in [4.78, 5) is 2.31. The van der Waals surface area contributed by atoms with E-state index in [-0.39, 0.29) is 0 Å². The molecule has 0 unspecified atom stereocenters. The van der Waals surface area contributed by atoms with E-state index in [2.05, 4.69) is 91.9 Å². The number of hydrazine groups is 1. The molecule has 0 rings (SSSR count). The maximum Gasteiger partial charge on any atom is 0.0131 e. The first-order valence-corrected chi connectivity index (χ1v) is 19.9. The van der Waals surface area contributed by atoms with Crippen molar-refractivity contribution in [3.05, 3.63) is 48.6 Å². The topological polar surface area (TPSA) is 18.5 Å². The minimum Gasteiger partial charge on any atom is -0.309 e. The van der Waals surface area contributed by atoms with Crippen LogP contribution in [0.2, 0.25) is 0 Å². The first-order chi connectivity index (χ1) is 22.2. The lowest BCUT2D eigenvalue weighted by Gasteiger charge is -2.24. The van der Waals surface area contributed by atoms with Crippen LogP contribution in [0.4, 0.5) is 0 Å². The number of unbranched alkanes of at least 4 members (excludes halogenated alkanes) is 19. The van der Waals surface area contributed by atoms with Gasteiger partial charge in [-0.25, -0.2) is 5.01 Å². The molecule has 0 bridgehead atoms. The summed E-state index contributed by atoms with van der Waals surface area (Å²) in [7, 11) is 4.37. The molecular formula is C42H81N3. The fourth-order valence-electron chi connectivity index (χ4n) is 5.64. The van der Waals surface area contributed by atoms with Crippen LogP contribution >= 0.6 is 0 Å². The molecule has 0 fully saturated rings. The molecule has 0 aromatic carbocycles. The Morgan fingerprint density at radius 1 is 0.378 bits per heavy atom. The smallest absolute Gasteiger partial charge is 0.0131 e. The number of hydrogen-bond donors (Lipinski definition) is 1. The zero-order valence-corrected chi connectivity index (χ0v) is 31.2. The first-order valence-electron chi connectivity index (χ1n) is 19.9. The van der Waals surface area contributed by atoms with Crippen molar-refractivity contribution in [2.75, 3.05) is 40.3 Å². The maximum atomic E-state index is 3.80. The zero-order valence-electron chi connectivity index (χ0n) is 31.2. The van der Waals surface area contributed by atoms with Crippen LogP contribution in [0, 0.1) is 0 Å². The van der Waals surface area contributed by atoms with E-state index in [0.717, 1.165) is 19.4 Å². The van der Waals surface area contributed by atoms with E-state index in [9.17, 15) is 0 Å². The molecule has 0 aliphatic carbocycles. The van der Waals surface area contributed by atoms with Crippen LogP contribution in [-0.2, 0) is 0 Å². The highest BCUT2D eigenvalue weighted by Crippen LogP contribution is 2.10. The standard InChI is InChI=1S/C42H81N3/c1-5-7-9-11-13-15-17-19-21-23-25-27-29-31-33-35-39-43-45(42-38-37-40-44(3)4)41-36-34-32-30-28-26-24-22-20-18-16-14-12-10-8-6-2/h13-16,19-22,43H,5-12,17-18,23-42H2,1-4H3/b15-13-,16-14-,21-19-,22-20-. The minimum atomic E-state index is 1.11. The first kappa shape index (κ1) is 43.8. The van der Waals surface area contributed by atoms with Gasteiger partial charge in [-0.15, -0.1) is 0 Å². The molecule has 0 aromatic heterocycles. The van der Waals surface area contributed by atoms with Crippen LogP contribution in [0.5, 0.6) is 0 Å². The third-order valence-electron chi connectivity index (χ3n) is 8.62. The fourth-order valence-corrected chi connectivity index (χ4v) is 5.64. The van der Waals surface area contributed by atoms with Crippen molar-refractivity contribution in [2.45, 2.75) is 181 Å². The average Bonchev–Trinajstić information content (AvgIpc) is 3.03. The lowest BCUT2D eigenvalue weighted by molar-refractivity contribution is 0.176. The van der Waals surface area contributed by atoms with Gasteiger partial charge >= 0.3 is 0 Å². The van der Waals surface area contributed by atoms with Gasteiger partial charge in [0.05, 0.1) is 0 Å². The SMILES string of the molecule is CCCCC/C=C\C/C=C\CCCCCCCCNN(CCCCCCCC/C=C\C/C=C\CCCCC)CCCCN(C)C. The Hall–Kier alpha value is -1.16. The van der Waals surface area contributed by atoms with Crippen molar-refractivity contribution in [1.82, 2.24) is 15.3 Å². The van der Waals surface area contributed by atoms with Crippen LogP contribution in [0.3, 0.4) is 0 Å². The van der Waals surface area contributed by atoms with E-state index in [0.29, 0.717) is 0 Å². The van der Waals surface area contributed by atoms with E-state index < -0.39 is 0 Å². The third-order valence-corrected chi connectivity index (χ3v) is 8.62. The average molecular weight is 628 g/mol. The number of allylic oxidation sites excluding steroid dienone is 8. The molecule has 45 heavy (non-hydrogen) atoms. The second-order valence-electron chi connectivity index (χ2n) is 13.6. The number of nitrogens with zero attached hydrogens (tertiary/aromatic N) is 2. The summed E-state index contributed by atoms with van der Waals surface area (Å²) in [5, 5.41) is 2.55. The van der Waals surface area contributed by atoms with Gasteiger partial charge in [-0.2, -0.15) is 0 Å². The molecule has 3 heteroatoms. The summed E-state index contributed by atoms with van der Waals surface area (Å²) in [6.07, 6.45) is 53.2. The van der Waals surface area contributed by atoms with Crippen molar-refractivity contribution in [2.24, 2.45) is 0 Å². The van der Waals surface area contributed by atoms with Crippen LogP contribution in [0.25, 0.3) is 0 Å². The maximum absolute atomic E-state index is 3.80. The monoisotopic (exact) mass is 628 g/mol. The molecule has 0 amide bonds. The second kappa shape index (κ2) is 39.0. The van der Waals surface area contributed by atoms with Gasteiger partial charge in [-0.1, -0.05) is 140 Å². The number of nitrogens with one attached hydrogen (secondary N) is 1. The fraction of sp³-hybridized carbons (Fsp3) is 0.810. The van der Waals surface area contributed by atoms with Crippen LogP contribution in [-0.4, -0.2) is 50.2 Å². The summed E-state index contributed by atoms with van der Waals surface area (Å²) in [5.41, 5.74) is 3.80. The molecule has 0 radical (unpaired) electrons. The minimum absolute atomic E-state index is 1.11. The van der Waals surface area contributed by atoms with Gasteiger partial charge in [0.1, 0.15) is 0 Å². The Balaban J connectivity index is 3.82. The van der Waals surface area contributed by atoms with Gasteiger partial charge in [0.2, 0.25) is 0 Å². The van der Waals surface area contributed by atoms with E-state index in [4.69, 9.17) is 0 Å². The molecule has 0 heterocycles. The lowest BCUT2D eigenvalue weighted by atomic mass is 10.1. The molecule has 0 aliphatic heterocycles. The molecule has 0 atom stereocenters. The lowest BCUT2D eigenvalue weighted by Crippen LogP contribution is -2.40. The molecule has 264 valence electrons. The molecule has 0 aliphatic rings. The van der Waals surface area contributed by atoms with Crippen molar-refractivity contribution < 1.29 is 0 Å². The molecule has 0 saturated carbocycles. The Bertz CT molecular complexity index is 663. The van der Waals surface area contributed by atoms with Gasteiger partial charge in [-0.05, 0) is 111 Å². The highest BCUT2D eigenvalue weighted by Gasteiger charge is 2.04. The predicted octanol–water partition coefficient (Wildman–Crippen LogP) is 12.8. The second-order valence-corrected chi connectivity index (χ2v) is 13.6. The van der Waals surface area contributed by atoms with Gasteiger partial charge in [0, 0.05) is 19.6 Å². The van der Waals surface area contributed by atoms with Gasteiger partial charge < -0.3 is 4.90 Å². The van der Waals surface area contributed by atoms with Crippen molar-refractivity contribution >= 4 is 0 Å². The summed E-state index contributed by atoms with van der Waals surface area (Å²) in [6.45, 7) is 9.28. The highest BCUT2D eigenvalue weighted by molar-refractivity contribution is 4.93. The van der Waals surface area contributed by atoms with Crippen molar-refractivity contribution in [3.63, 3.8) is 0 Å². The predicted molar refractivity (Wildman–Crippen MR) is 206 cm³/mol. The van der Waals surface area contributed by atoms with Gasteiger partial charge in [0.25, 0.3) is 0 Å². The van der Waals surface area contributed by atoms with Crippen LogP contribution < -0.4 is 5.43 Å². The van der Waals surface area contributed by atoms with Crippen LogP contribution in [0.15, 0.2) is 48.6 Å². The Labute approximate surface area is 284 Å². The number of rotatable bonds is 36. The Kier molecular flexibility index (Phi) is 38.0. The van der Waals surface area contributed by atoms with E-state index in [1.165, 1.54) is 174 Å². The van der Waals surface area contributed by atoms with Crippen LogP contribution in [0.1, 0.15) is 181 Å². The molecular weight excluding hydrogens is 546 g/mol.